The van der Waals surface area contributed by atoms with E-state index in [2.05, 4.69) is 23.3 Å². The molecule has 0 unspecified atom stereocenters. The molecule has 0 spiro atoms. The van der Waals surface area contributed by atoms with Crippen molar-refractivity contribution in [3.05, 3.63) is 11.6 Å². The van der Waals surface area contributed by atoms with Crippen molar-refractivity contribution in [1.82, 2.24) is 10.2 Å². The lowest BCUT2D eigenvalue weighted by atomic mass is 10.1. The van der Waals surface area contributed by atoms with E-state index >= 15 is 0 Å². The van der Waals surface area contributed by atoms with Gasteiger partial charge < -0.3 is 15.0 Å². The third kappa shape index (κ3) is 2.53. The summed E-state index contributed by atoms with van der Waals surface area (Å²) in [6, 6.07) is 0.612. The molecule has 3 nitrogen and oxygen atoms in total. The second kappa shape index (κ2) is 4.22. The van der Waals surface area contributed by atoms with Crippen LogP contribution in [0.2, 0.25) is 0 Å². The monoisotopic (exact) mass is 182 g/mol. The number of hydrogen-bond acceptors (Lipinski definition) is 3. The van der Waals surface area contributed by atoms with E-state index in [1.807, 2.05) is 0 Å². The van der Waals surface area contributed by atoms with Gasteiger partial charge in [0, 0.05) is 19.6 Å². The molecule has 0 bridgehead atoms. The minimum atomic E-state index is 0.612. The van der Waals surface area contributed by atoms with Gasteiger partial charge in [0.2, 0.25) is 0 Å². The van der Waals surface area contributed by atoms with Gasteiger partial charge in [-0.25, -0.2) is 0 Å². The van der Waals surface area contributed by atoms with Crippen molar-refractivity contribution in [3.63, 3.8) is 0 Å². The molecular formula is C10H18N2O. The Morgan fingerprint density at radius 2 is 2.46 bits per heavy atom. The zero-order valence-corrected chi connectivity index (χ0v) is 8.25. The highest BCUT2D eigenvalue weighted by atomic mass is 16.5. The second-order valence-corrected chi connectivity index (χ2v) is 3.99. The fourth-order valence-corrected chi connectivity index (χ4v) is 1.60. The van der Waals surface area contributed by atoms with Gasteiger partial charge in [0.05, 0.1) is 19.3 Å². The first kappa shape index (κ1) is 9.19. The average molecular weight is 182 g/mol. The predicted molar refractivity (Wildman–Crippen MR) is 52.8 cm³/mol. The van der Waals surface area contributed by atoms with E-state index in [0.717, 1.165) is 26.3 Å². The Morgan fingerprint density at radius 3 is 3.00 bits per heavy atom. The Hall–Kier alpha value is -0.380. The van der Waals surface area contributed by atoms with Gasteiger partial charge in [0.15, 0.2) is 0 Å². The molecule has 1 fully saturated rings. The van der Waals surface area contributed by atoms with E-state index in [1.165, 1.54) is 13.0 Å². The lowest BCUT2D eigenvalue weighted by Gasteiger charge is -2.29. The normalized spacial score (nSPS) is 25.5. The Morgan fingerprint density at radius 1 is 1.62 bits per heavy atom. The first-order valence-electron chi connectivity index (χ1n) is 5.02. The lowest BCUT2D eigenvalue weighted by Crippen LogP contribution is -2.46. The van der Waals surface area contributed by atoms with Gasteiger partial charge in [-0.15, -0.1) is 0 Å². The van der Waals surface area contributed by atoms with Crippen molar-refractivity contribution >= 4 is 0 Å². The number of rotatable bonds is 3. The fourth-order valence-electron chi connectivity index (χ4n) is 1.60. The molecule has 0 radical (unpaired) electrons. The maximum absolute atomic E-state index is 5.10. The molecule has 13 heavy (non-hydrogen) atoms. The standard InChI is InChI=1S/C10H18N2O/c1-12-4-2-9(3-5-12)6-11-10-7-13-8-10/h2,10-11H,3-8H2,1H3. The van der Waals surface area contributed by atoms with Crippen molar-refractivity contribution in [2.24, 2.45) is 0 Å². The van der Waals surface area contributed by atoms with E-state index < -0.39 is 0 Å². The van der Waals surface area contributed by atoms with Gasteiger partial charge >= 0.3 is 0 Å². The van der Waals surface area contributed by atoms with E-state index in [-0.39, 0.29) is 0 Å². The van der Waals surface area contributed by atoms with Gasteiger partial charge in [-0.3, -0.25) is 0 Å². The molecule has 1 saturated heterocycles. The summed E-state index contributed by atoms with van der Waals surface area (Å²) in [5, 5.41) is 3.49. The molecule has 0 aromatic heterocycles. The molecule has 2 aliphatic rings. The van der Waals surface area contributed by atoms with Crippen LogP contribution in [-0.4, -0.2) is 50.8 Å². The SMILES string of the molecule is CN1CC=C(CNC2COC2)CC1. The van der Waals surface area contributed by atoms with Crippen molar-refractivity contribution in [2.45, 2.75) is 12.5 Å². The Balaban J connectivity index is 1.68. The number of ether oxygens (including phenoxy) is 1. The van der Waals surface area contributed by atoms with Gasteiger partial charge in [-0.2, -0.15) is 0 Å². The molecule has 3 heteroatoms. The van der Waals surface area contributed by atoms with Crippen LogP contribution in [0.1, 0.15) is 6.42 Å². The molecule has 0 aromatic carbocycles. The lowest BCUT2D eigenvalue weighted by molar-refractivity contribution is -0.00387. The van der Waals surface area contributed by atoms with E-state index in [9.17, 15) is 0 Å². The molecule has 0 saturated carbocycles. The van der Waals surface area contributed by atoms with E-state index in [1.54, 1.807) is 5.57 Å². The molecular weight excluding hydrogens is 164 g/mol. The maximum atomic E-state index is 5.10. The third-order valence-corrected chi connectivity index (χ3v) is 2.76. The van der Waals surface area contributed by atoms with Crippen LogP contribution in [-0.2, 0) is 4.74 Å². The van der Waals surface area contributed by atoms with Crippen molar-refractivity contribution < 1.29 is 4.74 Å². The van der Waals surface area contributed by atoms with Crippen LogP contribution in [0.3, 0.4) is 0 Å². The molecule has 0 aliphatic carbocycles. The highest BCUT2D eigenvalue weighted by Crippen LogP contribution is 2.09. The van der Waals surface area contributed by atoms with Gasteiger partial charge in [-0.05, 0) is 13.5 Å². The Kier molecular flexibility index (Phi) is 2.98. The summed E-state index contributed by atoms with van der Waals surface area (Å²) in [5.74, 6) is 0. The number of likely N-dealkylation sites (N-methyl/N-ethyl adjacent to an activating group) is 1. The Labute approximate surface area is 79.7 Å². The molecule has 1 N–H and O–H groups in total. The smallest absolute Gasteiger partial charge is 0.0643 e. The summed E-state index contributed by atoms with van der Waals surface area (Å²) in [7, 11) is 2.17. The van der Waals surface area contributed by atoms with Crippen molar-refractivity contribution in [2.75, 3.05) is 39.9 Å². The van der Waals surface area contributed by atoms with E-state index in [0.29, 0.717) is 6.04 Å². The average Bonchev–Trinajstić information content (AvgIpc) is 2.05. The van der Waals surface area contributed by atoms with Crippen LogP contribution in [0.25, 0.3) is 0 Å². The van der Waals surface area contributed by atoms with Gasteiger partial charge in [-0.1, -0.05) is 11.6 Å². The molecule has 2 heterocycles. The summed E-state index contributed by atoms with van der Waals surface area (Å²) in [6.45, 7) is 5.16. The molecule has 0 atom stereocenters. The molecule has 2 aliphatic heterocycles. The minimum absolute atomic E-state index is 0.612. The minimum Gasteiger partial charge on any atom is -0.378 e. The summed E-state index contributed by atoms with van der Waals surface area (Å²) in [4.78, 5) is 2.34. The second-order valence-electron chi connectivity index (χ2n) is 3.99. The maximum Gasteiger partial charge on any atom is 0.0643 e. The van der Waals surface area contributed by atoms with E-state index in [4.69, 9.17) is 4.74 Å². The van der Waals surface area contributed by atoms with Crippen LogP contribution in [0.4, 0.5) is 0 Å². The van der Waals surface area contributed by atoms with Gasteiger partial charge in [0.1, 0.15) is 0 Å². The fraction of sp³-hybridized carbons (Fsp3) is 0.800. The number of hydrogen-bond donors (Lipinski definition) is 1. The summed E-state index contributed by atoms with van der Waals surface area (Å²) >= 11 is 0. The van der Waals surface area contributed by atoms with Gasteiger partial charge in [0.25, 0.3) is 0 Å². The summed E-state index contributed by atoms with van der Waals surface area (Å²) in [5.41, 5.74) is 1.56. The predicted octanol–water partition coefficient (Wildman–Crippen LogP) is 0.237. The quantitative estimate of drug-likeness (QED) is 0.633. The van der Waals surface area contributed by atoms with Crippen LogP contribution in [0.15, 0.2) is 11.6 Å². The largest absolute Gasteiger partial charge is 0.378 e. The van der Waals surface area contributed by atoms with Crippen LogP contribution < -0.4 is 5.32 Å². The molecule has 0 aromatic rings. The molecule has 74 valence electrons. The molecule has 2 rings (SSSR count). The zero-order valence-electron chi connectivity index (χ0n) is 8.25. The van der Waals surface area contributed by atoms with Crippen molar-refractivity contribution in [3.8, 4) is 0 Å². The highest BCUT2D eigenvalue weighted by Gasteiger charge is 2.17. The molecule has 0 amide bonds. The third-order valence-electron chi connectivity index (χ3n) is 2.76. The van der Waals surface area contributed by atoms with Crippen molar-refractivity contribution in [1.29, 1.82) is 0 Å². The Bertz CT molecular complexity index is 199. The summed E-state index contributed by atoms with van der Waals surface area (Å²) in [6.07, 6.45) is 3.56. The van der Waals surface area contributed by atoms with Crippen LogP contribution >= 0.6 is 0 Å². The van der Waals surface area contributed by atoms with Crippen LogP contribution in [0, 0.1) is 0 Å². The number of nitrogens with zero attached hydrogens (tertiary/aromatic N) is 1. The topological polar surface area (TPSA) is 24.5 Å². The van der Waals surface area contributed by atoms with Crippen LogP contribution in [0.5, 0.6) is 0 Å². The number of nitrogens with one attached hydrogen (secondary N) is 1. The first-order chi connectivity index (χ1) is 6.34. The first-order valence-corrected chi connectivity index (χ1v) is 5.02. The summed E-state index contributed by atoms with van der Waals surface area (Å²) < 4.78 is 5.10. The highest BCUT2D eigenvalue weighted by molar-refractivity contribution is 5.09. The zero-order chi connectivity index (χ0) is 9.10.